The van der Waals surface area contributed by atoms with Gasteiger partial charge in [0.15, 0.2) is 6.61 Å². The van der Waals surface area contributed by atoms with Crippen molar-refractivity contribution in [3.05, 3.63) is 50.8 Å². The van der Waals surface area contributed by atoms with Crippen LogP contribution < -0.4 is 5.32 Å². The summed E-state index contributed by atoms with van der Waals surface area (Å²) in [5, 5.41) is 13.0. The summed E-state index contributed by atoms with van der Waals surface area (Å²) in [5.41, 5.74) is 2.54. The molecule has 0 saturated heterocycles. The van der Waals surface area contributed by atoms with Crippen LogP contribution >= 0.6 is 23.2 Å². The van der Waals surface area contributed by atoms with Gasteiger partial charge in [-0.2, -0.15) is 0 Å². The zero-order valence-corrected chi connectivity index (χ0v) is 15.5. The number of ether oxygens (including phenoxy) is 1. The molecule has 6 nitrogen and oxygen atoms in total. The van der Waals surface area contributed by atoms with E-state index >= 15 is 0 Å². The first kappa shape index (κ1) is 19.3. The molecule has 2 rings (SSSR count). The normalized spacial score (nSPS) is 11.9. The van der Waals surface area contributed by atoms with Crippen LogP contribution in [0.2, 0.25) is 10.0 Å². The van der Waals surface area contributed by atoms with E-state index in [1.54, 1.807) is 20.8 Å². The van der Waals surface area contributed by atoms with Crippen molar-refractivity contribution >= 4 is 40.8 Å². The number of esters is 1. The van der Waals surface area contributed by atoms with Gasteiger partial charge in [-0.15, -0.1) is 0 Å². The van der Waals surface area contributed by atoms with Gasteiger partial charge in [0, 0.05) is 27.0 Å². The third-order valence-corrected chi connectivity index (χ3v) is 4.03. The van der Waals surface area contributed by atoms with Crippen LogP contribution in [0.25, 0.3) is 0 Å². The van der Waals surface area contributed by atoms with Crippen LogP contribution in [-0.4, -0.2) is 28.6 Å². The topological polar surface area (TPSA) is 91.4 Å². The van der Waals surface area contributed by atoms with E-state index in [1.807, 2.05) is 0 Å². The molecular formula is C17H18Cl2N2O4. The van der Waals surface area contributed by atoms with Crippen LogP contribution in [0.3, 0.4) is 0 Å². The predicted molar refractivity (Wildman–Crippen MR) is 96.3 cm³/mol. The van der Waals surface area contributed by atoms with Gasteiger partial charge in [-0.25, -0.2) is 4.79 Å². The summed E-state index contributed by atoms with van der Waals surface area (Å²) in [6.45, 7) is 4.60. The van der Waals surface area contributed by atoms with E-state index in [-0.39, 0.29) is 5.69 Å². The SMILES string of the molecule is Cc1[nH]c(C(=O)OCC(=O)Nc2cc(Cl)cc(Cl)c2)c(C)c1[C@@H](C)O. The van der Waals surface area contributed by atoms with Gasteiger partial charge in [0.2, 0.25) is 0 Å². The fourth-order valence-electron chi connectivity index (χ4n) is 2.62. The number of benzene rings is 1. The van der Waals surface area contributed by atoms with Crippen molar-refractivity contribution in [3.8, 4) is 0 Å². The first-order valence-corrected chi connectivity index (χ1v) is 8.24. The van der Waals surface area contributed by atoms with E-state index < -0.39 is 24.6 Å². The summed E-state index contributed by atoms with van der Waals surface area (Å²) < 4.78 is 5.02. The zero-order valence-electron chi connectivity index (χ0n) is 13.9. The summed E-state index contributed by atoms with van der Waals surface area (Å²) >= 11 is 11.7. The van der Waals surface area contributed by atoms with Gasteiger partial charge < -0.3 is 20.1 Å². The van der Waals surface area contributed by atoms with Crippen molar-refractivity contribution in [2.75, 3.05) is 11.9 Å². The molecule has 1 amide bonds. The number of aromatic nitrogens is 1. The molecule has 0 bridgehead atoms. The molecule has 134 valence electrons. The number of aryl methyl sites for hydroxylation is 1. The van der Waals surface area contributed by atoms with Crippen LogP contribution in [0.1, 0.15) is 40.3 Å². The fraction of sp³-hybridized carbons (Fsp3) is 0.294. The standard InChI is InChI=1S/C17H18Cl2N2O4/c1-8-15(10(3)22)9(2)20-16(8)17(24)25-7-14(23)21-13-5-11(18)4-12(19)6-13/h4-6,10,20,22H,7H2,1-3H3,(H,21,23)/t10-/m1/s1. The lowest BCUT2D eigenvalue weighted by atomic mass is 10.1. The highest BCUT2D eigenvalue weighted by molar-refractivity contribution is 6.35. The number of aliphatic hydroxyl groups excluding tert-OH is 1. The Morgan fingerprint density at radius 2 is 1.84 bits per heavy atom. The first-order valence-electron chi connectivity index (χ1n) is 7.49. The highest BCUT2D eigenvalue weighted by Crippen LogP contribution is 2.25. The Morgan fingerprint density at radius 1 is 1.24 bits per heavy atom. The van der Waals surface area contributed by atoms with E-state index in [4.69, 9.17) is 27.9 Å². The number of hydrogen-bond donors (Lipinski definition) is 3. The van der Waals surface area contributed by atoms with Crippen LogP contribution in [0, 0.1) is 13.8 Å². The van der Waals surface area contributed by atoms with Gasteiger partial charge in [-0.1, -0.05) is 23.2 Å². The van der Waals surface area contributed by atoms with Crippen LogP contribution in [0.15, 0.2) is 18.2 Å². The summed E-state index contributed by atoms with van der Waals surface area (Å²) in [6, 6.07) is 4.59. The van der Waals surface area contributed by atoms with Gasteiger partial charge in [-0.3, -0.25) is 4.79 Å². The number of aromatic amines is 1. The molecule has 0 unspecified atom stereocenters. The number of amides is 1. The molecule has 1 aromatic carbocycles. The van der Waals surface area contributed by atoms with E-state index in [9.17, 15) is 14.7 Å². The Kier molecular flexibility index (Phi) is 6.11. The minimum Gasteiger partial charge on any atom is -0.451 e. The monoisotopic (exact) mass is 384 g/mol. The maximum atomic E-state index is 12.2. The molecule has 2 aromatic rings. The van der Waals surface area contributed by atoms with Crippen molar-refractivity contribution in [2.24, 2.45) is 0 Å². The number of H-pyrrole nitrogens is 1. The van der Waals surface area contributed by atoms with Gasteiger partial charge >= 0.3 is 5.97 Å². The summed E-state index contributed by atoms with van der Waals surface area (Å²) in [7, 11) is 0. The number of halogens is 2. The number of rotatable bonds is 5. The van der Waals surface area contributed by atoms with E-state index in [0.29, 0.717) is 32.6 Å². The van der Waals surface area contributed by atoms with Gasteiger partial charge in [0.25, 0.3) is 5.91 Å². The third kappa shape index (κ3) is 4.75. The number of carbonyl (C=O) groups is 2. The second-order valence-electron chi connectivity index (χ2n) is 5.62. The van der Waals surface area contributed by atoms with Crippen molar-refractivity contribution in [2.45, 2.75) is 26.9 Å². The highest BCUT2D eigenvalue weighted by Gasteiger charge is 2.21. The predicted octanol–water partition coefficient (Wildman–Crippen LogP) is 3.79. The van der Waals surface area contributed by atoms with E-state index in [1.165, 1.54) is 18.2 Å². The van der Waals surface area contributed by atoms with Crippen LogP contribution in [-0.2, 0) is 9.53 Å². The Morgan fingerprint density at radius 3 is 2.36 bits per heavy atom. The smallest absolute Gasteiger partial charge is 0.355 e. The van der Waals surface area contributed by atoms with Gasteiger partial charge in [-0.05, 0) is 44.5 Å². The second-order valence-corrected chi connectivity index (χ2v) is 6.49. The summed E-state index contributed by atoms with van der Waals surface area (Å²) in [4.78, 5) is 27.0. The molecule has 1 atom stereocenters. The van der Waals surface area contributed by atoms with Crippen molar-refractivity contribution in [1.29, 1.82) is 0 Å². The molecule has 3 N–H and O–H groups in total. The number of anilines is 1. The number of carbonyl (C=O) groups excluding carboxylic acids is 2. The fourth-order valence-corrected chi connectivity index (χ4v) is 3.15. The van der Waals surface area contributed by atoms with Crippen molar-refractivity contribution in [1.82, 2.24) is 4.98 Å². The Bertz CT molecular complexity index is 795. The third-order valence-electron chi connectivity index (χ3n) is 3.60. The zero-order chi connectivity index (χ0) is 18.7. The lowest BCUT2D eigenvalue weighted by Crippen LogP contribution is -2.21. The maximum Gasteiger partial charge on any atom is 0.355 e. The number of hydrogen-bond acceptors (Lipinski definition) is 4. The average molecular weight is 385 g/mol. The quantitative estimate of drug-likeness (QED) is 0.683. The molecule has 1 heterocycles. The second kappa shape index (κ2) is 7.91. The molecule has 0 aliphatic rings. The minimum atomic E-state index is -0.714. The Labute approximate surface area is 155 Å². The van der Waals surface area contributed by atoms with Crippen LogP contribution in [0.4, 0.5) is 5.69 Å². The highest BCUT2D eigenvalue weighted by atomic mass is 35.5. The Balaban J connectivity index is 2.00. The first-order chi connectivity index (χ1) is 11.7. The van der Waals surface area contributed by atoms with Gasteiger partial charge in [0.05, 0.1) is 6.10 Å². The average Bonchev–Trinajstić information content (AvgIpc) is 2.78. The molecule has 25 heavy (non-hydrogen) atoms. The summed E-state index contributed by atoms with van der Waals surface area (Å²) in [5.74, 6) is -1.20. The van der Waals surface area contributed by atoms with E-state index in [2.05, 4.69) is 10.3 Å². The molecule has 8 heteroatoms. The van der Waals surface area contributed by atoms with Gasteiger partial charge in [0.1, 0.15) is 5.69 Å². The van der Waals surface area contributed by atoms with Crippen LogP contribution in [0.5, 0.6) is 0 Å². The molecule has 0 saturated carbocycles. The molecule has 0 spiro atoms. The van der Waals surface area contributed by atoms with Crippen molar-refractivity contribution in [3.63, 3.8) is 0 Å². The molecule has 0 fully saturated rings. The molecule has 0 radical (unpaired) electrons. The molecular weight excluding hydrogens is 367 g/mol. The van der Waals surface area contributed by atoms with Crippen molar-refractivity contribution < 1.29 is 19.4 Å². The Hall–Kier alpha value is -2.02. The summed E-state index contributed by atoms with van der Waals surface area (Å²) in [6.07, 6.45) is -0.714. The molecule has 0 aliphatic heterocycles. The minimum absolute atomic E-state index is 0.215. The number of nitrogens with one attached hydrogen (secondary N) is 2. The maximum absolute atomic E-state index is 12.2. The lowest BCUT2D eigenvalue weighted by molar-refractivity contribution is -0.119. The molecule has 0 aliphatic carbocycles. The lowest BCUT2D eigenvalue weighted by Gasteiger charge is -2.08. The van der Waals surface area contributed by atoms with E-state index in [0.717, 1.165) is 0 Å². The number of aliphatic hydroxyl groups is 1. The largest absolute Gasteiger partial charge is 0.451 e. The molecule has 1 aromatic heterocycles.